The molecule has 0 amide bonds. The predicted octanol–water partition coefficient (Wildman–Crippen LogP) is 1.59. The summed E-state index contributed by atoms with van der Waals surface area (Å²) in [7, 11) is 0. The number of rotatable bonds is 3. The number of nitrogens with zero attached hydrogens (tertiary/aromatic N) is 1. The van der Waals surface area contributed by atoms with Crippen LogP contribution in [0.25, 0.3) is 0 Å². The molecule has 1 unspecified atom stereocenters. The highest BCUT2D eigenvalue weighted by Gasteiger charge is 2.25. The fourth-order valence-electron chi connectivity index (χ4n) is 1.67. The molecule has 0 aliphatic rings. The first kappa shape index (κ1) is 12.9. The molecule has 96 valence electrons. The van der Waals surface area contributed by atoms with Crippen LogP contribution in [0, 0.1) is 11.6 Å². The van der Waals surface area contributed by atoms with Crippen LogP contribution in [-0.4, -0.2) is 10.2 Å². The zero-order chi connectivity index (χ0) is 13.3. The predicted molar refractivity (Wildman–Crippen MR) is 66.2 cm³/mol. The minimum Gasteiger partial charge on any atom is -0.384 e. The number of hydrogen-bond donors (Lipinski definition) is 4. The van der Waals surface area contributed by atoms with Gasteiger partial charge < -0.3 is 5.73 Å². The minimum absolute atomic E-state index is 0.140. The highest BCUT2D eigenvalue weighted by Crippen LogP contribution is 2.31. The number of hydrogen-bond acceptors (Lipinski definition) is 4. The number of aromatic nitrogens is 2. The number of aromatic amines is 1. The molecule has 18 heavy (non-hydrogen) atoms. The molecule has 0 fully saturated rings. The molecule has 0 radical (unpaired) electrons. The van der Waals surface area contributed by atoms with E-state index in [9.17, 15) is 8.78 Å². The summed E-state index contributed by atoms with van der Waals surface area (Å²) in [6.45, 7) is 0. The average Bonchev–Trinajstić information content (AvgIpc) is 2.76. The van der Waals surface area contributed by atoms with E-state index in [4.69, 9.17) is 11.6 Å². The number of benzene rings is 1. The summed E-state index contributed by atoms with van der Waals surface area (Å²) in [5, 5.41) is 6.18. The van der Waals surface area contributed by atoms with E-state index < -0.39 is 17.7 Å². The Hall–Kier alpha value is -1.51. The zero-order valence-electron chi connectivity index (χ0n) is 9.05. The lowest BCUT2D eigenvalue weighted by Gasteiger charge is -2.17. The average molecular weight is 318 g/mol. The Morgan fingerprint density at radius 2 is 2.11 bits per heavy atom. The Bertz CT molecular complexity index is 571. The fourth-order valence-corrected chi connectivity index (χ4v) is 2.02. The van der Waals surface area contributed by atoms with Gasteiger partial charge in [0.1, 0.15) is 17.5 Å². The lowest BCUT2D eigenvalue weighted by Crippen LogP contribution is -2.30. The van der Waals surface area contributed by atoms with Crippen molar-refractivity contribution in [2.75, 3.05) is 5.73 Å². The summed E-state index contributed by atoms with van der Waals surface area (Å²) in [6.07, 6.45) is 1.36. The van der Waals surface area contributed by atoms with E-state index >= 15 is 0 Å². The molecule has 0 bridgehead atoms. The van der Waals surface area contributed by atoms with E-state index in [0.717, 1.165) is 6.07 Å². The summed E-state index contributed by atoms with van der Waals surface area (Å²) in [5.41, 5.74) is 8.10. The SMILES string of the molecule is NNC(c1cn[nH]c1N)c1c(F)ccc(Br)c1F. The number of nitrogen functional groups attached to an aromatic ring is 1. The second-order valence-electron chi connectivity index (χ2n) is 3.60. The van der Waals surface area contributed by atoms with Gasteiger partial charge in [0, 0.05) is 11.1 Å². The van der Waals surface area contributed by atoms with Crippen LogP contribution in [0.3, 0.4) is 0 Å². The molecule has 2 aromatic rings. The zero-order valence-corrected chi connectivity index (χ0v) is 10.6. The standard InChI is InChI=1S/C10H10BrF2N5/c11-5-1-2-6(12)7(8(5)13)9(17-15)4-3-16-18-10(4)14/h1-3,9,17H,15H2,(H3,14,16,18). The summed E-state index contributed by atoms with van der Waals surface area (Å²) in [6, 6.07) is 1.49. The molecule has 0 aliphatic heterocycles. The summed E-state index contributed by atoms with van der Waals surface area (Å²) in [4.78, 5) is 0. The van der Waals surface area contributed by atoms with Gasteiger partial charge in [-0.3, -0.25) is 10.9 Å². The Kier molecular flexibility index (Phi) is 3.60. The first-order valence-corrected chi connectivity index (χ1v) is 5.73. The van der Waals surface area contributed by atoms with Crippen LogP contribution in [0.4, 0.5) is 14.6 Å². The second kappa shape index (κ2) is 5.01. The van der Waals surface area contributed by atoms with Crippen LogP contribution in [0.2, 0.25) is 0 Å². The van der Waals surface area contributed by atoms with Crippen LogP contribution in [0.15, 0.2) is 22.8 Å². The molecule has 0 saturated heterocycles. The Balaban J connectivity index is 2.59. The first-order valence-electron chi connectivity index (χ1n) is 4.94. The van der Waals surface area contributed by atoms with Gasteiger partial charge in [-0.1, -0.05) is 0 Å². The quantitative estimate of drug-likeness (QED) is 0.393. The van der Waals surface area contributed by atoms with E-state index in [1.807, 2.05) is 0 Å². The smallest absolute Gasteiger partial charge is 0.145 e. The van der Waals surface area contributed by atoms with Crippen molar-refractivity contribution in [2.45, 2.75) is 6.04 Å². The van der Waals surface area contributed by atoms with Gasteiger partial charge in [-0.05, 0) is 28.1 Å². The summed E-state index contributed by atoms with van der Waals surface area (Å²) >= 11 is 2.99. The fraction of sp³-hybridized carbons (Fsp3) is 0.100. The van der Waals surface area contributed by atoms with Crippen molar-refractivity contribution in [3.8, 4) is 0 Å². The van der Waals surface area contributed by atoms with Crippen molar-refractivity contribution in [1.82, 2.24) is 15.6 Å². The monoisotopic (exact) mass is 317 g/mol. The molecule has 8 heteroatoms. The van der Waals surface area contributed by atoms with Crippen LogP contribution in [0.1, 0.15) is 17.2 Å². The van der Waals surface area contributed by atoms with Crippen molar-refractivity contribution < 1.29 is 8.78 Å². The van der Waals surface area contributed by atoms with E-state index in [-0.39, 0.29) is 15.9 Å². The van der Waals surface area contributed by atoms with Gasteiger partial charge in [0.25, 0.3) is 0 Å². The largest absolute Gasteiger partial charge is 0.384 e. The van der Waals surface area contributed by atoms with E-state index in [2.05, 4.69) is 31.6 Å². The second-order valence-corrected chi connectivity index (χ2v) is 4.45. The number of anilines is 1. The van der Waals surface area contributed by atoms with Crippen LogP contribution in [0.5, 0.6) is 0 Å². The maximum absolute atomic E-state index is 14.0. The third-order valence-electron chi connectivity index (χ3n) is 2.55. The van der Waals surface area contributed by atoms with Gasteiger partial charge in [-0.2, -0.15) is 5.10 Å². The maximum Gasteiger partial charge on any atom is 0.145 e. The number of halogens is 3. The lowest BCUT2D eigenvalue weighted by atomic mass is 10.0. The number of hydrazine groups is 1. The van der Waals surface area contributed by atoms with Crippen molar-refractivity contribution in [3.05, 3.63) is 45.6 Å². The Morgan fingerprint density at radius 1 is 1.39 bits per heavy atom. The third-order valence-corrected chi connectivity index (χ3v) is 3.16. The van der Waals surface area contributed by atoms with Gasteiger partial charge in [0.2, 0.25) is 0 Å². The van der Waals surface area contributed by atoms with Crippen molar-refractivity contribution in [3.63, 3.8) is 0 Å². The van der Waals surface area contributed by atoms with Gasteiger partial charge in [0.15, 0.2) is 0 Å². The van der Waals surface area contributed by atoms with E-state index in [0.29, 0.717) is 5.56 Å². The molecule has 0 saturated carbocycles. The summed E-state index contributed by atoms with van der Waals surface area (Å²) in [5.74, 6) is 4.09. The molecule has 1 aromatic carbocycles. The van der Waals surface area contributed by atoms with Gasteiger partial charge >= 0.3 is 0 Å². The molecule has 2 rings (SSSR count). The normalized spacial score (nSPS) is 12.7. The molecule has 6 N–H and O–H groups in total. The van der Waals surface area contributed by atoms with Gasteiger partial charge in [0.05, 0.1) is 16.7 Å². The lowest BCUT2D eigenvalue weighted by molar-refractivity contribution is 0.508. The van der Waals surface area contributed by atoms with Gasteiger partial charge in [-0.15, -0.1) is 0 Å². The van der Waals surface area contributed by atoms with Crippen LogP contribution in [-0.2, 0) is 0 Å². The van der Waals surface area contributed by atoms with Crippen molar-refractivity contribution in [2.24, 2.45) is 5.84 Å². The third kappa shape index (κ3) is 2.09. The molecule has 0 spiro atoms. The molecular formula is C10H10BrF2N5. The highest BCUT2D eigenvalue weighted by molar-refractivity contribution is 9.10. The highest BCUT2D eigenvalue weighted by atomic mass is 79.9. The Labute approximate surface area is 110 Å². The topological polar surface area (TPSA) is 92.7 Å². The molecule has 5 nitrogen and oxygen atoms in total. The van der Waals surface area contributed by atoms with E-state index in [1.165, 1.54) is 12.3 Å². The summed E-state index contributed by atoms with van der Waals surface area (Å²) < 4.78 is 27.9. The molecule has 1 aromatic heterocycles. The van der Waals surface area contributed by atoms with Crippen molar-refractivity contribution >= 4 is 21.7 Å². The van der Waals surface area contributed by atoms with Crippen molar-refractivity contribution in [1.29, 1.82) is 0 Å². The number of nitrogens with two attached hydrogens (primary N) is 2. The first-order chi connectivity index (χ1) is 8.56. The minimum atomic E-state index is -0.929. The van der Waals surface area contributed by atoms with E-state index in [1.54, 1.807) is 0 Å². The Morgan fingerprint density at radius 3 is 2.67 bits per heavy atom. The van der Waals surface area contributed by atoms with Crippen LogP contribution >= 0.6 is 15.9 Å². The molecular weight excluding hydrogens is 308 g/mol. The molecule has 1 heterocycles. The maximum atomic E-state index is 14.0. The van der Waals surface area contributed by atoms with Crippen LogP contribution < -0.4 is 17.0 Å². The number of H-pyrrole nitrogens is 1. The molecule has 0 aliphatic carbocycles. The molecule has 1 atom stereocenters. The van der Waals surface area contributed by atoms with Gasteiger partial charge in [-0.25, -0.2) is 14.2 Å². The number of nitrogens with one attached hydrogen (secondary N) is 2.